The van der Waals surface area contributed by atoms with E-state index in [0.29, 0.717) is 0 Å². The van der Waals surface area contributed by atoms with Crippen LogP contribution in [0.5, 0.6) is 0 Å². The largest absolute Gasteiger partial charge is 0.394 e. The van der Waals surface area contributed by atoms with E-state index < -0.39 is 19.8 Å². The zero-order valence-corrected chi connectivity index (χ0v) is 3.87. The van der Waals surface area contributed by atoms with Gasteiger partial charge in [0.05, 0.1) is 29.1 Å². The third-order valence-corrected chi connectivity index (χ3v) is 0.363. The van der Waals surface area contributed by atoms with Crippen LogP contribution < -0.4 is 0 Å². The van der Waals surface area contributed by atoms with Crippen molar-refractivity contribution < 1.29 is 17.7 Å². The van der Waals surface area contributed by atoms with E-state index in [1.807, 2.05) is 0 Å². The molecule has 2 N–H and O–H groups in total. The van der Waals surface area contributed by atoms with Gasteiger partial charge in [-0.1, -0.05) is 0 Å². The molecule has 0 aliphatic carbocycles. The summed E-state index contributed by atoms with van der Waals surface area (Å²) in [5.41, 5.74) is 0. The molecule has 44 valence electrons. The van der Waals surface area contributed by atoms with Crippen molar-refractivity contribution in [3.05, 3.63) is 0 Å². The topological polar surface area (TPSA) is 49.7 Å². The highest BCUT2D eigenvalue weighted by atomic mass is 16.5. The maximum Gasteiger partial charge on any atom is 0.0698 e. The lowest BCUT2D eigenvalue weighted by atomic mass is 10.7. The fourth-order valence-electron chi connectivity index (χ4n) is 0.164. The lowest BCUT2D eigenvalue weighted by Gasteiger charge is -1.94. The van der Waals surface area contributed by atoms with E-state index in [9.17, 15) is 0 Å². The minimum absolute atomic E-state index is 0.227. The first-order chi connectivity index (χ1) is 4.16. The second-order valence-electron chi connectivity index (χ2n) is 0.865. The summed E-state index contributed by atoms with van der Waals surface area (Å²) < 4.78 is 17.7. The Balaban J connectivity index is 3.06. The molecule has 7 heavy (non-hydrogen) atoms. The number of rotatable bonds is 4. The average molecular weight is 108 g/mol. The Morgan fingerprint density at radius 1 is 1.57 bits per heavy atom. The molecule has 0 aromatic rings. The van der Waals surface area contributed by atoms with E-state index in [4.69, 9.17) is 13.0 Å². The van der Waals surface area contributed by atoms with E-state index in [-0.39, 0.29) is 6.61 Å². The summed E-state index contributed by atoms with van der Waals surface area (Å²) in [6.45, 7) is -2.99. The van der Waals surface area contributed by atoms with E-state index in [0.717, 1.165) is 0 Å². The highest BCUT2D eigenvalue weighted by molar-refractivity contribution is 4.24. The number of hydrogen-bond donors (Lipinski definition) is 2. The maximum absolute atomic E-state index is 8.27. The minimum Gasteiger partial charge on any atom is -0.394 e. The molecule has 0 bridgehead atoms. The summed E-state index contributed by atoms with van der Waals surface area (Å²) in [6.07, 6.45) is 0. The fourth-order valence-corrected chi connectivity index (χ4v) is 0.164. The van der Waals surface area contributed by atoms with Gasteiger partial charge in [-0.05, 0) is 0 Å². The zero-order valence-electron chi connectivity index (χ0n) is 5.87. The molecule has 0 radical (unpaired) electrons. The van der Waals surface area contributed by atoms with Crippen LogP contribution in [-0.2, 0) is 4.74 Å². The van der Waals surface area contributed by atoms with Crippen LogP contribution in [0.3, 0.4) is 0 Å². The van der Waals surface area contributed by atoms with Gasteiger partial charge in [0.1, 0.15) is 0 Å². The standard InChI is InChI=1S/C4H10O3/c5-1-3-7-4-2-6/h5-6H,1-4H2/i1D,4D. The Bertz CT molecular complexity index is 68.8. The first-order valence-electron chi connectivity index (χ1n) is 3.07. The highest BCUT2D eigenvalue weighted by Gasteiger charge is 1.79. The Morgan fingerprint density at radius 3 is 2.71 bits per heavy atom. The second kappa shape index (κ2) is 5.88. The molecule has 0 aromatic heterocycles. The quantitative estimate of drug-likeness (QED) is 0.485. The van der Waals surface area contributed by atoms with Crippen LogP contribution in [0.1, 0.15) is 2.74 Å². The molecular formula is C4H10O3. The van der Waals surface area contributed by atoms with Crippen LogP contribution in [0, 0.1) is 0 Å². The zero-order chi connectivity index (χ0) is 7.28. The van der Waals surface area contributed by atoms with Gasteiger partial charge in [0, 0.05) is 0 Å². The van der Waals surface area contributed by atoms with E-state index in [2.05, 4.69) is 4.74 Å². The molecule has 0 saturated carbocycles. The molecule has 2 unspecified atom stereocenters. The number of aliphatic hydroxyl groups excluding tert-OH is 2. The van der Waals surface area contributed by atoms with Gasteiger partial charge in [0.15, 0.2) is 0 Å². The van der Waals surface area contributed by atoms with Gasteiger partial charge in [-0.3, -0.25) is 0 Å². The molecule has 0 amide bonds. The monoisotopic (exact) mass is 108 g/mol. The molecule has 2 atom stereocenters. The summed E-state index contributed by atoms with van der Waals surface area (Å²) in [5, 5.41) is 16.5. The third kappa shape index (κ3) is 5.88. The van der Waals surface area contributed by atoms with Gasteiger partial charge in [-0.2, -0.15) is 0 Å². The minimum atomic E-state index is -1.32. The van der Waals surface area contributed by atoms with Crippen molar-refractivity contribution in [3.8, 4) is 0 Å². The Hall–Kier alpha value is -0.120. The molecule has 0 heterocycles. The predicted octanol–water partition coefficient (Wildman–Crippen LogP) is -1.01. The van der Waals surface area contributed by atoms with E-state index in [1.165, 1.54) is 0 Å². The van der Waals surface area contributed by atoms with Gasteiger partial charge in [-0.25, -0.2) is 0 Å². The van der Waals surface area contributed by atoms with Gasteiger partial charge < -0.3 is 14.9 Å². The van der Waals surface area contributed by atoms with Crippen molar-refractivity contribution in [1.29, 1.82) is 0 Å². The Kier molecular flexibility index (Phi) is 3.22. The number of hydrogen-bond acceptors (Lipinski definition) is 3. The van der Waals surface area contributed by atoms with Crippen LogP contribution in [0.25, 0.3) is 0 Å². The van der Waals surface area contributed by atoms with Crippen molar-refractivity contribution in [2.24, 2.45) is 0 Å². The molecular weight excluding hydrogens is 96.0 g/mol. The van der Waals surface area contributed by atoms with Crippen molar-refractivity contribution >= 4 is 0 Å². The molecule has 0 aliphatic heterocycles. The first-order valence-corrected chi connectivity index (χ1v) is 1.92. The lowest BCUT2D eigenvalue weighted by Crippen LogP contribution is -2.03. The van der Waals surface area contributed by atoms with Crippen LogP contribution in [-0.4, -0.2) is 36.6 Å². The summed E-state index contributed by atoms with van der Waals surface area (Å²) in [4.78, 5) is 0. The van der Waals surface area contributed by atoms with Crippen molar-refractivity contribution in [2.45, 2.75) is 0 Å². The molecule has 0 saturated heterocycles. The summed E-state index contributed by atoms with van der Waals surface area (Å²) in [5.74, 6) is 0. The van der Waals surface area contributed by atoms with Crippen LogP contribution >= 0.6 is 0 Å². The second-order valence-corrected chi connectivity index (χ2v) is 0.865. The molecule has 0 spiro atoms. The summed E-state index contributed by atoms with van der Waals surface area (Å²) in [7, 11) is 0. The van der Waals surface area contributed by atoms with Gasteiger partial charge in [-0.15, -0.1) is 0 Å². The van der Waals surface area contributed by atoms with E-state index in [1.54, 1.807) is 0 Å². The predicted molar refractivity (Wildman–Crippen MR) is 25.0 cm³/mol. The van der Waals surface area contributed by atoms with Crippen molar-refractivity contribution in [3.63, 3.8) is 0 Å². The fraction of sp³-hybridized carbons (Fsp3) is 1.00. The maximum atomic E-state index is 8.27. The first kappa shape index (κ1) is 3.83. The summed E-state index contributed by atoms with van der Waals surface area (Å²) >= 11 is 0. The van der Waals surface area contributed by atoms with Gasteiger partial charge in [0.25, 0.3) is 0 Å². The Morgan fingerprint density at radius 2 is 2.29 bits per heavy atom. The third-order valence-electron chi connectivity index (χ3n) is 0.363. The summed E-state index contributed by atoms with van der Waals surface area (Å²) in [6, 6.07) is 0. The van der Waals surface area contributed by atoms with Crippen LogP contribution in [0.15, 0.2) is 0 Å². The molecule has 0 rings (SSSR count). The molecule has 3 heteroatoms. The van der Waals surface area contributed by atoms with Crippen molar-refractivity contribution in [2.75, 3.05) is 26.4 Å². The van der Waals surface area contributed by atoms with E-state index >= 15 is 0 Å². The van der Waals surface area contributed by atoms with Crippen molar-refractivity contribution in [1.82, 2.24) is 0 Å². The SMILES string of the molecule is [2H]C(O)COC([2H])CO. The number of ether oxygens (including phenoxy) is 1. The molecule has 0 aromatic carbocycles. The highest BCUT2D eigenvalue weighted by Crippen LogP contribution is 1.68. The van der Waals surface area contributed by atoms with Crippen LogP contribution in [0.4, 0.5) is 0 Å². The molecule has 0 fully saturated rings. The lowest BCUT2D eigenvalue weighted by molar-refractivity contribution is 0.0650. The van der Waals surface area contributed by atoms with Gasteiger partial charge >= 0.3 is 0 Å². The average Bonchev–Trinajstić information content (AvgIpc) is 1.83. The Labute approximate surface area is 45.3 Å². The molecule has 0 aliphatic rings. The van der Waals surface area contributed by atoms with Gasteiger partial charge in [0.2, 0.25) is 0 Å². The molecule has 3 nitrogen and oxygen atoms in total. The smallest absolute Gasteiger partial charge is 0.0698 e. The van der Waals surface area contributed by atoms with Crippen LogP contribution in [0.2, 0.25) is 0 Å². The number of aliphatic hydroxyl groups is 2. The normalized spacial score (nSPS) is 22.6.